The number of para-hydroxylation sites is 1. The number of nitrogens with zero attached hydrogens (tertiary/aromatic N) is 5. The van der Waals surface area contributed by atoms with Crippen LogP contribution < -0.4 is 0 Å². The topological polar surface area (TPSA) is 114 Å². The lowest BCUT2D eigenvalue weighted by atomic mass is 9.92. The minimum Gasteiger partial charge on any atom is -0.481 e. The fourth-order valence-corrected chi connectivity index (χ4v) is 4.65. The van der Waals surface area contributed by atoms with Gasteiger partial charge in [-0.2, -0.15) is 15.0 Å². The largest absolute Gasteiger partial charge is 0.481 e. The molecule has 9 nitrogen and oxygen atoms in total. The van der Waals surface area contributed by atoms with Gasteiger partial charge in [0.15, 0.2) is 11.7 Å². The fourth-order valence-electron chi connectivity index (χ4n) is 4.65. The first kappa shape index (κ1) is 23.5. The molecule has 0 saturated carbocycles. The van der Waals surface area contributed by atoms with Crippen molar-refractivity contribution in [3.63, 3.8) is 0 Å². The van der Waals surface area contributed by atoms with E-state index in [1.807, 2.05) is 60.4 Å². The molecular formula is C27H27N5O4. The molecule has 4 aromatic rings. The molecule has 9 heteroatoms. The molecule has 2 aromatic heterocycles. The average molecular weight is 486 g/mol. The normalized spacial score (nSPS) is 18.7. The van der Waals surface area contributed by atoms with Crippen LogP contribution in [0.15, 0.2) is 71.4 Å². The lowest BCUT2D eigenvalue weighted by molar-refractivity contribution is -0.138. The van der Waals surface area contributed by atoms with E-state index >= 15 is 0 Å². The number of carbonyl (C=O) groups is 2. The third-order valence-electron chi connectivity index (χ3n) is 6.75. The number of likely N-dealkylation sites (tertiary alicyclic amines) is 1. The lowest BCUT2D eigenvalue weighted by Gasteiger charge is -2.37. The minimum atomic E-state index is -0.968. The molecule has 36 heavy (non-hydrogen) atoms. The van der Waals surface area contributed by atoms with Crippen LogP contribution in [0, 0.1) is 0 Å². The van der Waals surface area contributed by atoms with Gasteiger partial charge in [-0.15, -0.1) is 0 Å². The Bertz CT molecular complexity index is 1370. The number of hydrogen-bond acceptors (Lipinski definition) is 6. The monoisotopic (exact) mass is 485 g/mol. The zero-order valence-corrected chi connectivity index (χ0v) is 20.1. The van der Waals surface area contributed by atoms with Crippen molar-refractivity contribution in [3.05, 3.63) is 84.1 Å². The highest BCUT2D eigenvalue weighted by Crippen LogP contribution is 2.37. The predicted octanol–water partition coefficient (Wildman–Crippen LogP) is 4.52. The van der Waals surface area contributed by atoms with E-state index in [9.17, 15) is 14.7 Å². The fraction of sp³-hybridized carbons (Fsp3) is 0.296. The van der Waals surface area contributed by atoms with Crippen LogP contribution in [-0.2, 0) is 4.79 Å². The molecule has 1 amide bonds. The van der Waals surface area contributed by atoms with E-state index in [4.69, 9.17) is 4.42 Å². The lowest BCUT2D eigenvalue weighted by Crippen LogP contribution is -2.45. The van der Waals surface area contributed by atoms with Crippen LogP contribution in [0.1, 0.15) is 60.5 Å². The predicted molar refractivity (Wildman–Crippen MR) is 132 cm³/mol. The standard InChI is InChI=1S/C27H27N5O4/c1-17-12-13-20(16-31(17)26(33)21-10-6-7-11-22(21)32-28-14-15-29-32)25-30-23(18(2)27(34)35)24(36-25)19-8-4-3-5-9-19/h3-11,14-15,17-18,20H,12-13,16H2,1-2H3,(H,34,35)/t17-,18?,20-/m1/s1. The summed E-state index contributed by atoms with van der Waals surface area (Å²) in [6.07, 6.45) is 4.70. The molecule has 1 saturated heterocycles. The molecule has 0 aliphatic carbocycles. The molecule has 0 spiro atoms. The van der Waals surface area contributed by atoms with Crippen molar-refractivity contribution in [3.8, 4) is 17.0 Å². The Labute approximate surface area is 208 Å². The van der Waals surface area contributed by atoms with E-state index in [-0.39, 0.29) is 17.9 Å². The molecule has 2 aromatic carbocycles. The van der Waals surface area contributed by atoms with Gasteiger partial charge in [0.25, 0.3) is 5.91 Å². The maximum absolute atomic E-state index is 13.7. The van der Waals surface area contributed by atoms with Crippen LogP contribution in [0.3, 0.4) is 0 Å². The van der Waals surface area contributed by atoms with Crippen LogP contribution in [0.2, 0.25) is 0 Å². The smallest absolute Gasteiger partial charge is 0.312 e. The van der Waals surface area contributed by atoms with E-state index in [2.05, 4.69) is 15.2 Å². The van der Waals surface area contributed by atoms with Crippen LogP contribution in [0.5, 0.6) is 0 Å². The number of piperidine rings is 1. The van der Waals surface area contributed by atoms with Crippen LogP contribution in [0.25, 0.3) is 17.0 Å². The molecule has 1 N–H and O–H groups in total. The molecule has 3 atom stereocenters. The maximum Gasteiger partial charge on any atom is 0.312 e. The number of carbonyl (C=O) groups excluding carboxylic acids is 1. The molecule has 3 heterocycles. The molecule has 184 valence electrons. The Kier molecular flexibility index (Phi) is 6.37. The van der Waals surface area contributed by atoms with Crippen molar-refractivity contribution >= 4 is 11.9 Å². The van der Waals surface area contributed by atoms with E-state index < -0.39 is 11.9 Å². The third-order valence-corrected chi connectivity index (χ3v) is 6.75. The Morgan fingerprint density at radius 2 is 1.72 bits per heavy atom. The number of carboxylic acid groups (broad SMARTS) is 1. The minimum absolute atomic E-state index is 0.0216. The first-order valence-electron chi connectivity index (χ1n) is 12.0. The van der Waals surface area contributed by atoms with Crippen molar-refractivity contribution in [2.24, 2.45) is 0 Å². The Morgan fingerprint density at radius 1 is 1.03 bits per heavy atom. The van der Waals surface area contributed by atoms with Gasteiger partial charge in [-0.1, -0.05) is 42.5 Å². The quantitative estimate of drug-likeness (QED) is 0.427. The van der Waals surface area contributed by atoms with Gasteiger partial charge in [-0.3, -0.25) is 9.59 Å². The molecule has 0 bridgehead atoms. The number of carboxylic acids is 1. The molecule has 1 unspecified atom stereocenters. The number of hydrogen-bond donors (Lipinski definition) is 1. The summed E-state index contributed by atoms with van der Waals surface area (Å²) in [6, 6.07) is 16.7. The summed E-state index contributed by atoms with van der Waals surface area (Å²) in [5.74, 6) is -1.14. The zero-order chi connectivity index (χ0) is 25.2. The summed E-state index contributed by atoms with van der Waals surface area (Å²) in [6.45, 7) is 4.05. The molecule has 1 aliphatic heterocycles. The van der Waals surface area contributed by atoms with Gasteiger partial charge in [-0.05, 0) is 38.8 Å². The SMILES string of the molecule is CC(C(=O)O)c1nc([C@@H]2CC[C@@H](C)N(C(=O)c3ccccc3-n3nccn3)C2)oc1-c1ccccc1. The van der Waals surface area contributed by atoms with E-state index in [1.54, 1.807) is 25.4 Å². The Hall–Kier alpha value is -4.27. The summed E-state index contributed by atoms with van der Waals surface area (Å²) >= 11 is 0. The summed E-state index contributed by atoms with van der Waals surface area (Å²) in [5, 5.41) is 18.0. The summed E-state index contributed by atoms with van der Waals surface area (Å²) in [4.78, 5) is 33.5. The molecule has 1 aliphatic rings. The number of oxazole rings is 1. The Morgan fingerprint density at radius 3 is 2.44 bits per heavy atom. The molecule has 1 fully saturated rings. The second kappa shape index (κ2) is 9.77. The Balaban J connectivity index is 1.47. The van der Waals surface area contributed by atoms with E-state index in [0.717, 1.165) is 18.4 Å². The maximum atomic E-state index is 13.7. The second-order valence-electron chi connectivity index (χ2n) is 9.11. The van der Waals surface area contributed by atoms with Crippen molar-refractivity contribution in [1.82, 2.24) is 24.9 Å². The van der Waals surface area contributed by atoms with Crippen molar-refractivity contribution in [1.29, 1.82) is 0 Å². The third kappa shape index (κ3) is 4.39. The van der Waals surface area contributed by atoms with Crippen LogP contribution in [-0.4, -0.2) is 54.4 Å². The van der Waals surface area contributed by atoms with Gasteiger partial charge in [-0.25, -0.2) is 4.98 Å². The highest BCUT2D eigenvalue weighted by Gasteiger charge is 2.35. The molecular weight excluding hydrogens is 458 g/mol. The molecule has 0 radical (unpaired) electrons. The average Bonchev–Trinajstić information content (AvgIpc) is 3.59. The van der Waals surface area contributed by atoms with Crippen LogP contribution >= 0.6 is 0 Å². The number of benzene rings is 2. The van der Waals surface area contributed by atoms with Gasteiger partial charge in [0, 0.05) is 18.2 Å². The van der Waals surface area contributed by atoms with Gasteiger partial charge in [0.05, 0.1) is 35.5 Å². The van der Waals surface area contributed by atoms with Crippen molar-refractivity contribution in [2.75, 3.05) is 6.54 Å². The second-order valence-corrected chi connectivity index (χ2v) is 9.11. The van der Waals surface area contributed by atoms with Gasteiger partial charge >= 0.3 is 5.97 Å². The van der Waals surface area contributed by atoms with Crippen LogP contribution in [0.4, 0.5) is 0 Å². The summed E-state index contributed by atoms with van der Waals surface area (Å²) < 4.78 is 6.23. The van der Waals surface area contributed by atoms with Crippen molar-refractivity contribution in [2.45, 2.75) is 44.6 Å². The zero-order valence-electron chi connectivity index (χ0n) is 20.1. The molecule has 5 rings (SSSR count). The number of aliphatic carboxylic acids is 1. The van der Waals surface area contributed by atoms with Gasteiger partial charge < -0.3 is 14.4 Å². The van der Waals surface area contributed by atoms with E-state index in [1.165, 1.54) is 4.80 Å². The van der Waals surface area contributed by atoms with Crippen molar-refractivity contribution < 1.29 is 19.1 Å². The summed E-state index contributed by atoms with van der Waals surface area (Å²) in [7, 11) is 0. The number of amides is 1. The first-order valence-corrected chi connectivity index (χ1v) is 12.0. The first-order chi connectivity index (χ1) is 17.4. The highest BCUT2D eigenvalue weighted by atomic mass is 16.4. The highest BCUT2D eigenvalue weighted by molar-refractivity contribution is 5.98. The number of rotatable bonds is 6. The van der Waals surface area contributed by atoms with E-state index in [0.29, 0.717) is 35.1 Å². The van der Waals surface area contributed by atoms with Gasteiger partial charge in [0.1, 0.15) is 5.69 Å². The van der Waals surface area contributed by atoms with Gasteiger partial charge in [0.2, 0.25) is 0 Å². The number of aromatic nitrogens is 4. The summed E-state index contributed by atoms with van der Waals surface area (Å²) in [5.41, 5.74) is 2.30.